The Morgan fingerprint density at radius 3 is 2.20 bits per heavy atom. The molecule has 0 radical (unpaired) electrons. The highest BCUT2D eigenvalue weighted by molar-refractivity contribution is 7.89. The molecule has 1 heterocycles. The van der Waals surface area contributed by atoms with E-state index in [4.69, 9.17) is 4.74 Å². The molecular formula is C32H40N4O4S. The molecule has 41 heavy (non-hydrogen) atoms. The molecule has 9 heteroatoms. The number of hydrogen-bond donors (Lipinski definition) is 2. The number of methoxy groups -OCH3 is 1. The van der Waals surface area contributed by atoms with Crippen LogP contribution in [0.3, 0.4) is 0 Å². The predicted octanol–water partition coefficient (Wildman–Crippen LogP) is 5.58. The Bertz CT molecular complexity index is 1420. The van der Waals surface area contributed by atoms with Crippen LogP contribution in [0.15, 0.2) is 77.7 Å². The van der Waals surface area contributed by atoms with Crippen LogP contribution in [0.4, 0.5) is 17.1 Å². The van der Waals surface area contributed by atoms with Gasteiger partial charge in [0.25, 0.3) is 0 Å². The third kappa shape index (κ3) is 7.02. The third-order valence-electron chi connectivity index (χ3n) is 8.18. The first-order chi connectivity index (χ1) is 19.8. The number of ether oxygens (including phenoxy) is 1. The zero-order valence-corrected chi connectivity index (χ0v) is 24.7. The van der Waals surface area contributed by atoms with Crippen molar-refractivity contribution in [1.29, 1.82) is 0 Å². The van der Waals surface area contributed by atoms with Crippen LogP contribution in [0.1, 0.15) is 50.6 Å². The Labute approximate surface area is 243 Å². The van der Waals surface area contributed by atoms with Gasteiger partial charge >= 0.3 is 0 Å². The van der Waals surface area contributed by atoms with Gasteiger partial charge in [0.1, 0.15) is 10.6 Å². The van der Waals surface area contributed by atoms with Crippen LogP contribution in [-0.2, 0) is 14.8 Å². The Morgan fingerprint density at radius 1 is 0.878 bits per heavy atom. The zero-order chi connectivity index (χ0) is 28.8. The summed E-state index contributed by atoms with van der Waals surface area (Å²) in [5.41, 5.74) is 3.14. The number of hydrogen-bond acceptors (Lipinski definition) is 6. The first-order valence-corrected chi connectivity index (χ1v) is 16.0. The molecule has 1 aliphatic heterocycles. The second kappa shape index (κ2) is 13.0. The van der Waals surface area contributed by atoms with E-state index < -0.39 is 16.1 Å². The first-order valence-electron chi connectivity index (χ1n) is 14.5. The van der Waals surface area contributed by atoms with Crippen molar-refractivity contribution in [2.24, 2.45) is 5.92 Å². The van der Waals surface area contributed by atoms with Crippen molar-refractivity contribution < 1.29 is 17.9 Å². The van der Waals surface area contributed by atoms with E-state index in [1.807, 2.05) is 73.7 Å². The van der Waals surface area contributed by atoms with Crippen molar-refractivity contribution in [3.05, 3.63) is 78.4 Å². The van der Waals surface area contributed by atoms with Gasteiger partial charge in [-0.1, -0.05) is 49.6 Å². The maximum atomic E-state index is 13.9. The summed E-state index contributed by atoms with van der Waals surface area (Å²) in [6.07, 6.45) is 5.03. The van der Waals surface area contributed by atoms with Gasteiger partial charge in [-0.3, -0.25) is 4.79 Å². The zero-order valence-electron chi connectivity index (χ0n) is 23.9. The highest BCUT2D eigenvalue weighted by atomic mass is 32.2. The minimum Gasteiger partial charge on any atom is -0.497 e. The summed E-state index contributed by atoms with van der Waals surface area (Å²) in [6.45, 7) is 4.67. The van der Waals surface area contributed by atoms with Crippen LogP contribution in [0, 0.1) is 5.92 Å². The molecule has 2 aliphatic rings. The Morgan fingerprint density at radius 2 is 1.54 bits per heavy atom. The lowest BCUT2D eigenvalue weighted by Gasteiger charge is -2.38. The van der Waals surface area contributed by atoms with Crippen molar-refractivity contribution in [3.8, 4) is 5.75 Å². The molecule has 3 aromatic carbocycles. The highest BCUT2D eigenvalue weighted by Crippen LogP contribution is 2.32. The summed E-state index contributed by atoms with van der Waals surface area (Å²) in [7, 11) is -2.26. The van der Waals surface area contributed by atoms with E-state index in [0.29, 0.717) is 24.5 Å². The van der Waals surface area contributed by atoms with E-state index in [1.165, 1.54) is 0 Å². The number of nitrogens with zero attached hydrogens (tertiary/aromatic N) is 2. The average molecular weight is 577 g/mol. The lowest BCUT2D eigenvalue weighted by atomic mass is 9.88. The molecule has 1 saturated heterocycles. The molecular weight excluding hydrogens is 536 g/mol. The van der Waals surface area contributed by atoms with Crippen molar-refractivity contribution in [1.82, 2.24) is 4.72 Å². The largest absolute Gasteiger partial charge is 0.497 e. The minimum atomic E-state index is -3.91. The van der Waals surface area contributed by atoms with Crippen molar-refractivity contribution in [2.45, 2.75) is 50.0 Å². The Balaban J connectivity index is 1.38. The van der Waals surface area contributed by atoms with Gasteiger partial charge < -0.3 is 19.9 Å². The summed E-state index contributed by atoms with van der Waals surface area (Å²) in [6, 6.07) is 22.4. The van der Waals surface area contributed by atoms with Gasteiger partial charge in [0.05, 0.1) is 12.8 Å². The van der Waals surface area contributed by atoms with Crippen LogP contribution in [-0.4, -0.2) is 47.6 Å². The molecule has 1 atom stereocenters. The third-order valence-corrected chi connectivity index (χ3v) is 9.75. The molecule has 0 aromatic heterocycles. The van der Waals surface area contributed by atoms with E-state index in [1.54, 1.807) is 13.2 Å². The van der Waals surface area contributed by atoms with Gasteiger partial charge in [0.2, 0.25) is 15.9 Å². The van der Waals surface area contributed by atoms with Gasteiger partial charge in [-0.2, -0.15) is 0 Å². The smallest absolute Gasteiger partial charge is 0.243 e. The lowest BCUT2D eigenvalue weighted by molar-refractivity contribution is -0.120. The van der Waals surface area contributed by atoms with E-state index in [-0.39, 0.29) is 16.7 Å². The van der Waals surface area contributed by atoms with E-state index in [2.05, 4.69) is 19.8 Å². The molecule has 2 fully saturated rings. The fourth-order valence-corrected chi connectivity index (χ4v) is 7.27. The Hall–Kier alpha value is -3.56. The number of carbonyl (C=O) groups is 1. The summed E-state index contributed by atoms with van der Waals surface area (Å²) in [5.74, 6) is 0.764. The molecule has 218 valence electrons. The Kier molecular flexibility index (Phi) is 9.15. The minimum absolute atomic E-state index is 0.0225. The number of piperazine rings is 1. The number of sulfonamides is 1. The van der Waals surface area contributed by atoms with Gasteiger partial charge in [-0.05, 0) is 67.8 Å². The van der Waals surface area contributed by atoms with Crippen LogP contribution in [0.5, 0.6) is 5.75 Å². The number of amides is 1. The fraction of sp³-hybridized carbons (Fsp3) is 0.406. The number of nitrogens with one attached hydrogen (secondary N) is 2. The van der Waals surface area contributed by atoms with Gasteiger partial charge in [-0.25, -0.2) is 13.1 Å². The number of anilines is 3. The fourth-order valence-electron chi connectivity index (χ4n) is 5.78. The molecule has 5 rings (SSSR count). The van der Waals surface area contributed by atoms with Crippen LogP contribution in [0.2, 0.25) is 0 Å². The first kappa shape index (κ1) is 29.0. The molecule has 1 aliphatic carbocycles. The van der Waals surface area contributed by atoms with Gasteiger partial charge in [0, 0.05) is 49.5 Å². The molecule has 1 amide bonds. The molecule has 8 nitrogen and oxygen atoms in total. The van der Waals surface area contributed by atoms with Crippen LogP contribution < -0.4 is 24.6 Å². The number of benzene rings is 3. The quantitative estimate of drug-likeness (QED) is 0.346. The normalized spacial score (nSPS) is 17.2. The average Bonchev–Trinajstić information content (AvgIpc) is 3.02. The molecule has 0 spiro atoms. The summed E-state index contributed by atoms with van der Waals surface area (Å²) in [4.78, 5) is 17.6. The molecule has 0 unspecified atom stereocenters. The topological polar surface area (TPSA) is 91.0 Å². The van der Waals surface area contributed by atoms with E-state index >= 15 is 0 Å². The van der Waals surface area contributed by atoms with Gasteiger partial charge in [-0.15, -0.1) is 0 Å². The van der Waals surface area contributed by atoms with Crippen LogP contribution in [0.25, 0.3) is 0 Å². The van der Waals surface area contributed by atoms with Gasteiger partial charge in [0.15, 0.2) is 0 Å². The SMILES string of the molecule is COc1ccc(N2CCN(c3ccc(NC(=O)C4CCCCC4)cc3S(=O)(=O)N[C@@H](C)c3ccccc3)CC2)cc1. The molecule has 2 N–H and O–H groups in total. The second-order valence-corrected chi connectivity index (χ2v) is 12.6. The maximum Gasteiger partial charge on any atom is 0.243 e. The van der Waals surface area contributed by atoms with Crippen molar-refractivity contribution in [3.63, 3.8) is 0 Å². The predicted molar refractivity (Wildman–Crippen MR) is 164 cm³/mol. The molecule has 1 saturated carbocycles. The lowest BCUT2D eigenvalue weighted by Crippen LogP contribution is -2.47. The van der Waals surface area contributed by atoms with Crippen LogP contribution >= 0.6 is 0 Å². The van der Waals surface area contributed by atoms with Crippen molar-refractivity contribution >= 4 is 33.0 Å². The summed E-state index contributed by atoms with van der Waals surface area (Å²) in [5, 5.41) is 3.01. The number of carbonyl (C=O) groups excluding carboxylic acids is 1. The second-order valence-electron chi connectivity index (χ2n) is 10.9. The van der Waals surface area contributed by atoms with Crippen molar-refractivity contribution in [2.75, 3.05) is 48.4 Å². The highest BCUT2D eigenvalue weighted by Gasteiger charge is 2.28. The standard InChI is InChI=1S/C32H40N4O4S/c1-24(25-9-5-3-6-10-25)34-41(38,39)31-23-27(33-32(37)26-11-7-4-8-12-26)13-18-30(31)36-21-19-35(20-22-36)28-14-16-29(40-2)17-15-28/h3,5-6,9-10,13-18,23-24,26,34H,4,7-8,11-12,19-22H2,1-2H3,(H,33,37)/t24-/m0/s1. The van der Waals surface area contributed by atoms with E-state index in [9.17, 15) is 13.2 Å². The maximum absolute atomic E-state index is 13.9. The summed E-state index contributed by atoms with van der Waals surface area (Å²) < 4.78 is 35.9. The monoisotopic (exact) mass is 576 g/mol. The number of rotatable bonds is 9. The summed E-state index contributed by atoms with van der Waals surface area (Å²) >= 11 is 0. The molecule has 3 aromatic rings. The van der Waals surface area contributed by atoms with E-state index in [0.717, 1.165) is 62.2 Å². The molecule has 0 bridgehead atoms.